The van der Waals surface area contributed by atoms with Crippen LogP contribution < -0.4 is 5.32 Å². The van der Waals surface area contributed by atoms with Crippen LogP contribution in [0.15, 0.2) is 6.07 Å². The van der Waals surface area contributed by atoms with Crippen molar-refractivity contribution < 1.29 is 36.6 Å². The van der Waals surface area contributed by atoms with Crippen molar-refractivity contribution in [1.29, 1.82) is 0 Å². The SMILES string of the molecule is Cc1c(F)cc(C(=O)O)c(F)c1NC(=O)C(F)(F)F. The number of halogens is 5. The fourth-order valence-corrected chi connectivity index (χ4v) is 1.21. The second-order valence-corrected chi connectivity index (χ2v) is 3.48. The summed E-state index contributed by atoms with van der Waals surface area (Å²) in [5, 5.41) is 9.67. The lowest BCUT2D eigenvalue weighted by molar-refractivity contribution is -0.167. The van der Waals surface area contributed by atoms with E-state index in [1.165, 1.54) is 0 Å². The zero-order chi connectivity index (χ0) is 15.0. The van der Waals surface area contributed by atoms with E-state index in [-0.39, 0.29) is 0 Å². The van der Waals surface area contributed by atoms with Crippen LogP contribution in [0, 0.1) is 18.6 Å². The number of carbonyl (C=O) groups excluding carboxylic acids is 1. The van der Waals surface area contributed by atoms with Crippen molar-refractivity contribution in [2.24, 2.45) is 0 Å². The highest BCUT2D eigenvalue weighted by Crippen LogP contribution is 2.27. The summed E-state index contributed by atoms with van der Waals surface area (Å²) in [6.45, 7) is 0.899. The summed E-state index contributed by atoms with van der Waals surface area (Å²) in [6, 6.07) is 0.316. The van der Waals surface area contributed by atoms with Gasteiger partial charge in [-0.05, 0) is 13.0 Å². The van der Waals surface area contributed by atoms with Crippen LogP contribution in [-0.2, 0) is 4.79 Å². The third kappa shape index (κ3) is 2.98. The molecule has 4 nitrogen and oxygen atoms in total. The lowest BCUT2D eigenvalue weighted by atomic mass is 10.1. The number of carbonyl (C=O) groups is 2. The van der Waals surface area contributed by atoms with E-state index in [0.717, 1.165) is 12.2 Å². The summed E-state index contributed by atoms with van der Waals surface area (Å²) >= 11 is 0. The summed E-state index contributed by atoms with van der Waals surface area (Å²) in [5.74, 6) is -7.31. The molecule has 0 aliphatic rings. The van der Waals surface area contributed by atoms with Gasteiger partial charge in [-0.2, -0.15) is 13.2 Å². The van der Waals surface area contributed by atoms with Gasteiger partial charge in [-0.3, -0.25) is 4.79 Å². The first-order valence-corrected chi connectivity index (χ1v) is 4.65. The standard InChI is InChI=1S/C10H6F5NO3/c1-3-5(11)2-4(8(17)18)6(12)7(3)16-9(19)10(13,14)15/h2H,1H3,(H,16,19)(H,17,18). The Morgan fingerprint density at radius 2 is 1.79 bits per heavy atom. The van der Waals surface area contributed by atoms with E-state index in [9.17, 15) is 31.5 Å². The first-order chi connectivity index (χ1) is 8.55. The van der Waals surface area contributed by atoms with Crippen LogP contribution >= 0.6 is 0 Å². The molecule has 1 aromatic rings. The lowest BCUT2D eigenvalue weighted by Gasteiger charge is -2.13. The van der Waals surface area contributed by atoms with Gasteiger partial charge in [0.05, 0.1) is 5.69 Å². The highest BCUT2D eigenvalue weighted by molar-refractivity contribution is 5.97. The van der Waals surface area contributed by atoms with Crippen molar-refractivity contribution in [2.45, 2.75) is 13.1 Å². The number of benzene rings is 1. The fourth-order valence-electron chi connectivity index (χ4n) is 1.21. The number of rotatable bonds is 2. The van der Waals surface area contributed by atoms with Gasteiger partial charge in [-0.15, -0.1) is 0 Å². The predicted octanol–water partition coefficient (Wildman–Crippen LogP) is 2.47. The van der Waals surface area contributed by atoms with Gasteiger partial charge in [0.2, 0.25) is 0 Å². The van der Waals surface area contributed by atoms with E-state index in [1.54, 1.807) is 0 Å². The Hall–Kier alpha value is -2.19. The zero-order valence-electron chi connectivity index (χ0n) is 9.23. The molecule has 104 valence electrons. The van der Waals surface area contributed by atoms with Crippen molar-refractivity contribution in [2.75, 3.05) is 5.32 Å². The minimum Gasteiger partial charge on any atom is -0.478 e. The van der Waals surface area contributed by atoms with Crippen LogP contribution in [0.4, 0.5) is 27.6 Å². The topological polar surface area (TPSA) is 66.4 Å². The van der Waals surface area contributed by atoms with Crippen molar-refractivity contribution in [3.63, 3.8) is 0 Å². The Morgan fingerprint density at radius 1 is 1.26 bits per heavy atom. The first-order valence-electron chi connectivity index (χ1n) is 4.65. The summed E-state index contributed by atoms with van der Waals surface area (Å²) in [4.78, 5) is 21.2. The molecule has 9 heteroatoms. The molecular formula is C10H6F5NO3. The molecule has 1 rings (SSSR count). The van der Waals surface area contributed by atoms with E-state index >= 15 is 0 Å². The molecule has 1 aromatic carbocycles. The molecule has 0 aromatic heterocycles. The van der Waals surface area contributed by atoms with Gasteiger partial charge in [0.1, 0.15) is 11.4 Å². The molecule has 0 saturated carbocycles. The molecule has 0 unspecified atom stereocenters. The Bertz CT molecular complexity index is 553. The van der Waals surface area contributed by atoms with E-state index < -0.39 is 46.5 Å². The van der Waals surface area contributed by atoms with Crippen LogP contribution in [0.1, 0.15) is 15.9 Å². The van der Waals surface area contributed by atoms with Crippen molar-refractivity contribution in [3.8, 4) is 0 Å². The summed E-state index contributed by atoms with van der Waals surface area (Å²) in [7, 11) is 0. The maximum absolute atomic E-state index is 13.6. The molecule has 0 aliphatic heterocycles. The third-order valence-corrected chi connectivity index (χ3v) is 2.19. The monoisotopic (exact) mass is 283 g/mol. The first kappa shape index (κ1) is 14.9. The van der Waals surface area contributed by atoms with E-state index in [1.807, 2.05) is 0 Å². The maximum atomic E-state index is 13.6. The number of hydrogen-bond acceptors (Lipinski definition) is 2. The van der Waals surface area contributed by atoms with Gasteiger partial charge in [0, 0.05) is 5.56 Å². The largest absolute Gasteiger partial charge is 0.478 e. The van der Waals surface area contributed by atoms with Crippen molar-refractivity contribution in [1.82, 2.24) is 0 Å². The number of amides is 1. The molecule has 0 aliphatic carbocycles. The van der Waals surface area contributed by atoms with Gasteiger partial charge in [-0.25, -0.2) is 13.6 Å². The highest BCUT2D eigenvalue weighted by Gasteiger charge is 2.39. The van der Waals surface area contributed by atoms with Crippen LogP contribution in [0.2, 0.25) is 0 Å². The average Bonchev–Trinajstić information content (AvgIpc) is 2.27. The number of alkyl halides is 3. The molecule has 0 radical (unpaired) electrons. The molecule has 0 bridgehead atoms. The zero-order valence-corrected chi connectivity index (χ0v) is 9.23. The smallest absolute Gasteiger partial charge is 0.471 e. The Balaban J connectivity index is 3.35. The second kappa shape index (κ2) is 4.82. The lowest BCUT2D eigenvalue weighted by Crippen LogP contribution is -2.31. The van der Waals surface area contributed by atoms with E-state index in [4.69, 9.17) is 5.11 Å². The molecule has 2 N–H and O–H groups in total. The summed E-state index contributed by atoms with van der Waals surface area (Å²) in [5.41, 5.74) is -2.97. The van der Waals surface area contributed by atoms with E-state index in [0.29, 0.717) is 6.07 Å². The third-order valence-electron chi connectivity index (χ3n) is 2.19. The van der Waals surface area contributed by atoms with Crippen LogP contribution in [0.3, 0.4) is 0 Å². The molecule has 0 saturated heterocycles. The molecule has 1 amide bonds. The number of nitrogens with one attached hydrogen (secondary N) is 1. The number of carboxylic acid groups (broad SMARTS) is 1. The molecular weight excluding hydrogens is 277 g/mol. The molecule has 0 spiro atoms. The summed E-state index contributed by atoms with van der Waals surface area (Å²) in [6.07, 6.45) is -5.31. The summed E-state index contributed by atoms with van der Waals surface area (Å²) < 4.78 is 62.9. The molecule has 0 fully saturated rings. The number of aromatic carboxylic acids is 1. The molecule has 0 atom stereocenters. The Morgan fingerprint density at radius 3 is 2.21 bits per heavy atom. The van der Waals surface area contributed by atoms with Crippen LogP contribution in [0.25, 0.3) is 0 Å². The van der Waals surface area contributed by atoms with Gasteiger partial charge in [0.15, 0.2) is 5.82 Å². The van der Waals surface area contributed by atoms with Gasteiger partial charge < -0.3 is 10.4 Å². The fraction of sp³-hybridized carbons (Fsp3) is 0.200. The predicted molar refractivity (Wildman–Crippen MR) is 52.7 cm³/mol. The Kier molecular flexibility index (Phi) is 3.78. The van der Waals surface area contributed by atoms with Crippen LogP contribution in [0.5, 0.6) is 0 Å². The van der Waals surface area contributed by atoms with Crippen molar-refractivity contribution in [3.05, 3.63) is 28.8 Å². The normalized spacial score (nSPS) is 11.3. The number of carboxylic acids is 1. The van der Waals surface area contributed by atoms with Crippen molar-refractivity contribution >= 4 is 17.6 Å². The van der Waals surface area contributed by atoms with Gasteiger partial charge in [0.25, 0.3) is 0 Å². The number of hydrogen-bond donors (Lipinski definition) is 2. The van der Waals surface area contributed by atoms with Gasteiger partial charge >= 0.3 is 18.1 Å². The second-order valence-electron chi connectivity index (χ2n) is 3.48. The average molecular weight is 283 g/mol. The van der Waals surface area contributed by atoms with Crippen LogP contribution in [-0.4, -0.2) is 23.2 Å². The minimum absolute atomic E-state index is 0.316. The molecule has 19 heavy (non-hydrogen) atoms. The number of anilines is 1. The van der Waals surface area contributed by atoms with E-state index in [2.05, 4.69) is 0 Å². The minimum atomic E-state index is -5.31. The maximum Gasteiger partial charge on any atom is 0.471 e. The highest BCUT2D eigenvalue weighted by atomic mass is 19.4. The Labute approximate surface area is 102 Å². The quantitative estimate of drug-likeness (QED) is 0.819. The van der Waals surface area contributed by atoms with Gasteiger partial charge in [-0.1, -0.05) is 0 Å². The molecule has 0 heterocycles.